The van der Waals surface area contributed by atoms with Crippen LogP contribution in [0.15, 0.2) is 53.5 Å². The number of aromatic nitrogens is 2. The molecule has 28 heavy (non-hydrogen) atoms. The lowest BCUT2D eigenvalue weighted by atomic mass is 9.78. The number of amides is 1. The average molecular weight is 377 g/mol. The number of benzene rings is 2. The van der Waals surface area contributed by atoms with Gasteiger partial charge in [0.05, 0.1) is 12.7 Å². The molecule has 0 radical (unpaired) electrons. The van der Waals surface area contributed by atoms with Gasteiger partial charge in [-0.3, -0.25) is 14.3 Å². The maximum absolute atomic E-state index is 12.1. The first-order chi connectivity index (χ1) is 13.5. The van der Waals surface area contributed by atoms with E-state index in [4.69, 9.17) is 0 Å². The molecular weight excluding hydrogens is 354 g/mol. The summed E-state index contributed by atoms with van der Waals surface area (Å²) >= 11 is 0. The Kier molecular flexibility index (Phi) is 4.63. The van der Waals surface area contributed by atoms with Crippen LogP contribution in [-0.2, 0) is 12.0 Å². The van der Waals surface area contributed by atoms with Gasteiger partial charge in [0.2, 0.25) is 0 Å². The monoisotopic (exact) mass is 377 g/mol. The van der Waals surface area contributed by atoms with E-state index in [0.717, 1.165) is 25.7 Å². The van der Waals surface area contributed by atoms with Crippen LogP contribution in [0.5, 0.6) is 5.75 Å². The van der Waals surface area contributed by atoms with Crippen molar-refractivity contribution >= 4 is 16.7 Å². The molecule has 0 atom stereocenters. The molecule has 1 fully saturated rings. The molecule has 0 bridgehead atoms. The van der Waals surface area contributed by atoms with E-state index in [1.54, 1.807) is 4.68 Å². The number of rotatable bonds is 4. The number of hydrogen-bond donors (Lipinski definition) is 2. The van der Waals surface area contributed by atoms with Gasteiger partial charge >= 0.3 is 0 Å². The molecule has 0 aliphatic heterocycles. The van der Waals surface area contributed by atoms with E-state index >= 15 is 0 Å². The predicted molar refractivity (Wildman–Crippen MR) is 108 cm³/mol. The molecule has 2 aromatic carbocycles. The molecule has 3 aromatic rings. The smallest absolute Gasteiger partial charge is 0.275 e. The van der Waals surface area contributed by atoms with E-state index in [0.29, 0.717) is 6.54 Å². The second kappa shape index (κ2) is 7.11. The Morgan fingerprint density at radius 1 is 1.18 bits per heavy atom. The second-order valence-electron chi connectivity index (χ2n) is 7.52. The average Bonchev–Trinajstić information content (AvgIpc) is 3.19. The Bertz CT molecular complexity index is 1100. The maximum atomic E-state index is 12.1. The number of nitrogens with zero attached hydrogens (tertiary/aromatic N) is 2. The van der Waals surface area contributed by atoms with Gasteiger partial charge in [-0.25, -0.2) is 0 Å². The summed E-state index contributed by atoms with van der Waals surface area (Å²) in [5.41, 5.74) is 0.0551. The van der Waals surface area contributed by atoms with E-state index in [2.05, 4.69) is 40.7 Å². The van der Waals surface area contributed by atoms with Crippen LogP contribution >= 0.6 is 0 Å². The maximum Gasteiger partial charge on any atom is 0.275 e. The van der Waals surface area contributed by atoms with Crippen molar-refractivity contribution in [3.8, 4) is 5.75 Å². The van der Waals surface area contributed by atoms with Crippen molar-refractivity contribution in [2.45, 2.75) is 37.6 Å². The van der Waals surface area contributed by atoms with Crippen molar-refractivity contribution < 1.29 is 9.90 Å². The zero-order valence-corrected chi connectivity index (χ0v) is 15.8. The number of carbonyl (C=O) groups is 1. The molecule has 4 rings (SSSR count). The predicted octanol–water partition coefficient (Wildman–Crippen LogP) is 2.97. The van der Waals surface area contributed by atoms with Gasteiger partial charge in [0, 0.05) is 12.5 Å². The fraction of sp³-hybridized carbons (Fsp3) is 0.318. The minimum Gasteiger partial charge on any atom is -0.503 e. The van der Waals surface area contributed by atoms with Gasteiger partial charge in [-0.1, -0.05) is 55.3 Å². The molecule has 0 saturated heterocycles. The first-order valence-corrected chi connectivity index (χ1v) is 9.54. The summed E-state index contributed by atoms with van der Waals surface area (Å²) in [6, 6.07) is 14.8. The van der Waals surface area contributed by atoms with Crippen LogP contribution in [0.4, 0.5) is 0 Å². The topological polar surface area (TPSA) is 84.2 Å². The normalized spacial score (nSPS) is 15.6. The van der Waals surface area contributed by atoms with Crippen LogP contribution in [0.25, 0.3) is 10.8 Å². The molecule has 0 unspecified atom stereocenters. The van der Waals surface area contributed by atoms with Crippen LogP contribution in [0, 0.1) is 0 Å². The zero-order chi connectivity index (χ0) is 19.7. The van der Waals surface area contributed by atoms with Crippen LogP contribution in [-0.4, -0.2) is 27.8 Å². The van der Waals surface area contributed by atoms with E-state index in [1.165, 1.54) is 29.6 Å². The molecule has 2 N–H and O–H groups in total. The molecule has 6 nitrogen and oxygen atoms in total. The summed E-state index contributed by atoms with van der Waals surface area (Å²) in [7, 11) is 1.44. The van der Waals surface area contributed by atoms with Crippen LogP contribution in [0.3, 0.4) is 0 Å². The van der Waals surface area contributed by atoms with Crippen molar-refractivity contribution in [1.29, 1.82) is 0 Å². The van der Waals surface area contributed by atoms with Gasteiger partial charge in [0.25, 0.3) is 11.3 Å². The van der Waals surface area contributed by atoms with Gasteiger partial charge in [0.1, 0.15) is 0 Å². The summed E-state index contributed by atoms with van der Waals surface area (Å²) in [4.78, 5) is 24.0. The highest BCUT2D eigenvalue weighted by Gasteiger charge is 2.36. The summed E-state index contributed by atoms with van der Waals surface area (Å²) in [6.07, 6.45) is 5.54. The fourth-order valence-electron chi connectivity index (χ4n) is 4.29. The second-order valence-corrected chi connectivity index (χ2v) is 7.52. The molecule has 1 aliphatic rings. The highest BCUT2D eigenvalue weighted by atomic mass is 16.3. The minimum atomic E-state index is -0.748. The van der Waals surface area contributed by atoms with Crippen LogP contribution in [0.2, 0.25) is 0 Å². The van der Waals surface area contributed by atoms with Crippen LogP contribution in [0.1, 0.15) is 41.7 Å². The van der Waals surface area contributed by atoms with Gasteiger partial charge in [-0.2, -0.15) is 5.10 Å². The summed E-state index contributed by atoms with van der Waals surface area (Å²) < 4.78 is 1.54. The molecule has 1 aliphatic carbocycles. The molecule has 0 spiro atoms. The third-order valence-electron chi connectivity index (χ3n) is 5.78. The van der Waals surface area contributed by atoms with E-state index in [1.807, 2.05) is 12.1 Å². The molecule has 1 amide bonds. The Labute approximate surface area is 162 Å². The Morgan fingerprint density at radius 3 is 2.61 bits per heavy atom. The molecule has 1 heterocycles. The highest BCUT2D eigenvalue weighted by molar-refractivity contribution is 5.92. The third kappa shape index (κ3) is 3.15. The van der Waals surface area contributed by atoms with E-state index < -0.39 is 17.1 Å². The lowest BCUT2D eigenvalue weighted by Crippen LogP contribution is -2.33. The molecule has 144 valence electrons. The lowest BCUT2D eigenvalue weighted by molar-refractivity contribution is 0.0953. The van der Waals surface area contributed by atoms with Gasteiger partial charge in [-0.15, -0.1) is 0 Å². The SMILES string of the molecule is CNC(=O)c1nn(CC2(c3ccc4ccccc4c3)CCCC2)cc(O)c1=O. The van der Waals surface area contributed by atoms with Gasteiger partial charge < -0.3 is 10.4 Å². The Hall–Kier alpha value is -3.15. The quantitative estimate of drug-likeness (QED) is 0.732. The molecular formula is C22H23N3O3. The Morgan fingerprint density at radius 2 is 1.89 bits per heavy atom. The zero-order valence-electron chi connectivity index (χ0n) is 15.8. The first-order valence-electron chi connectivity index (χ1n) is 9.54. The fourth-order valence-corrected chi connectivity index (χ4v) is 4.29. The summed E-state index contributed by atoms with van der Waals surface area (Å²) in [5.74, 6) is -1.05. The van der Waals surface area contributed by atoms with E-state index in [-0.39, 0.29) is 11.1 Å². The number of nitrogens with one attached hydrogen (secondary N) is 1. The summed E-state index contributed by atoms with van der Waals surface area (Å²) in [6.45, 7) is 0.503. The first kappa shape index (κ1) is 18.2. The minimum absolute atomic E-state index is 0.140. The third-order valence-corrected chi connectivity index (χ3v) is 5.78. The Balaban J connectivity index is 1.77. The molecule has 1 aromatic heterocycles. The standard InChI is InChI=1S/C22H23N3O3/c1-23-21(28)19-20(27)18(26)13-25(24-19)14-22(10-4-5-11-22)17-9-8-15-6-2-3-7-16(15)12-17/h2-3,6-9,12-13,26H,4-5,10-11,14H2,1H3,(H,23,28). The lowest BCUT2D eigenvalue weighted by Gasteiger charge is -2.30. The largest absolute Gasteiger partial charge is 0.503 e. The van der Waals surface area contributed by atoms with Crippen molar-refractivity contribution in [3.05, 3.63) is 70.1 Å². The van der Waals surface area contributed by atoms with Crippen molar-refractivity contribution in [1.82, 2.24) is 15.1 Å². The number of aromatic hydroxyl groups is 1. The number of hydrogen-bond acceptors (Lipinski definition) is 4. The van der Waals surface area contributed by atoms with Crippen molar-refractivity contribution in [2.75, 3.05) is 7.05 Å². The van der Waals surface area contributed by atoms with Gasteiger partial charge in [-0.05, 0) is 29.2 Å². The van der Waals surface area contributed by atoms with Gasteiger partial charge in [0.15, 0.2) is 11.4 Å². The molecule has 6 heteroatoms. The summed E-state index contributed by atoms with van der Waals surface area (Å²) in [5, 5.41) is 19.1. The number of carbonyl (C=O) groups excluding carboxylic acids is 1. The van der Waals surface area contributed by atoms with Crippen molar-refractivity contribution in [2.24, 2.45) is 0 Å². The molecule has 1 saturated carbocycles. The van der Waals surface area contributed by atoms with E-state index in [9.17, 15) is 14.7 Å². The van der Waals surface area contributed by atoms with Crippen LogP contribution < -0.4 is 10.7 Å². The number of fused-ring (bicyclic) bond motifs is 1. The highest BCUT2D eigenvalue weighted by Crippen LogP contribution is 2.43. The van der Waals surface area contributed by atoms with Crippen molar-refractivity contribution in [3.63, 3.8) is 0 Å².